The van der Waals surface area contributed by atoms with Gasteiger partial charge in [0.15, 0.2) is 0 Å². The Morgan fingerprint density at radius 1 is 1.11 bits per heavy atom. The molecule has 0 unspecified atom stereocenters. The van der Waals surface area contributed by atoms with Gasteiger partial charge in [-0.05, 0) is 43.3 Å². The van der Waals surface area contributed by atoms with E-state index in [-0.39, 0.29) is 18.4 Å². The minimum absolute atomic E-state index is 0.00285. The standard InChI is InChI=1S/C20H24N4O3/c1-2-23(20(26)16-7-9-21-10-8-16)15-19(25)22-17-3-5-18(6-4-17)24-11-13-27-14-12-24/h3-10H,2,11-15H2,1H3,(H,22,25). The summed E-state index contributed by atoms with van der Waals surface area (Å²) in [5, 5.41) is 2.85. The van der Waals surface area contributed by atoms with Gasteiger partial charge in [-0.15, -0.1) is 0 Å². The second-order valence-corrected chi connectivity index (χ2v) is 6.25. The van der Waals surface area contributed by atoms with Crippen LogP contribution in [0, 0.1) is 0 Å². The topological polar surface area (TPSA) is 74.8 Å². The Balaban J connectivity index is 1.57. The maximum atomic E-state index is 12.5. The molecule has 1 N–H and O–H groups in total. The van der Waals surface area contributed by atoms with Gasteiger partial charge in [0.25, 0.3) is 5.91 Å². The summed E-state index contributed by atoms with van der Waals surface area (Å²) in [5.74, 6) is -0.406. The fraction of sp³-hybridized carbons (Fsp3) is 0.350. The van der Waals surface area contributed by atoms with E-state index in [0.29, 0.717) is 17.8 Å². The molecule has 7 nitrogen and oxygen atoms in total. The van der Waals surface area contributed by atoms with Crippen LogP contribution in [0.15, 0.2) is 48.8 Å². The highest BCUT2D eigenvalue weighted by Crippen LogP contribution is 2.19. The highest BCUT2D eigenvalue weighted by Gasteiger charge is 2.17. The molecule has 2 amide bonds. The van der Waals surface area contributed by atoms with Crippen molar-refractivity contribution in [3.63, 3.8) is 0 Å². The van der Waals surface area contributed by atoms with Crippen molar-refractivity contribution in [2.24, 2.45) is 0 Å². The van der Waals surface area contributed by atoms with Crippen molar-refractivity contribution >= 4 is 23.2 Å². The smallest absolute Gasteiger partial charge is 0.254 e. The summed E-state index contributed by atoms with van der Waals surface area (Å²) in [6.45, 7) is 5.51. The molecule has 2 aromatic rings. The Morgan fingerprint density at radius 3 is 2.41 bits per heavy atom. The maximum Gasteiger partial charge on any atom is 0.254 e. The van der Waals surface area contributed by atoms with E-state index in [4.69, 9.17) is 4.74 Å². The Labute approximate surface area is 158 Å². The third-order valence-electron chi connectivity index (χ3n) is 4.46. The first-order valence-corrected chi connectivity index (χ1v) is 9.09. The van der Waals surface area contributed by atoms with Crippen LogP contribution in [-0.2, 0) is 9.53 Å². The molecule has 3 rings (SSSR count). The summed E-state index contributed by atoms with van der Waals surface area (Å²) in [5.41, 5.74) is 2.35. The number of ether oxygens (including phenoxy) is 1. The van der Waals surface area contributed by atoms with Gasteiger partial charge in [-0.25, -0.2) is 0 Å². The second-order valence-electron chi connectivity index (χ2n) is 6.25. The summed E-state index contributed by atoms with van der Waals surface area (Å²) in [6.07, 6.45) is 3.13. The molecule has 1 fully saturated rings. The Kier molecular flexibility index (Phi) is 6.38. The summed E-state index contributed by atoms with van der Waals surface area (Å²) >= 11 is 0. The molecule has 0 aliphatic carbocycles. The zero-order valence-corrected chi connectivity index (χ0v) is 15.4. The number of hydrogen-bond acceptors (Lipinski definition) is 5. The molecule has 1 aliphatic rings. The van der Waals surface area contributed by atoms with E-state index in [0.717, 1.165) is 32.0 Å². The number of carbonyl (C=O) groups excluding carboxylic acids is 2. The Hall–Kier alpha value is -2.93. The number of pyridine rings is 1. The van der Waals surface area contributed by atoms with E-state index in [1.54, 1.807) is 24.5 Å². The number of nitrogens with one attached hydrogen (secondary N) is 1. The van der Waals surface area contributed by atoms with Gasteiger partial charge in [0.1, 0.15) is 6.54 Å². The Morgan fingerprint density at radius 2 is 1.78 bits per heavy atom. The SMILES string of the molecule is CCN(CC(=O)Nc1ccc(N2CCOCC2)cc1)C(=O)c1ccncc1. The monoisotopic (exact) mass is 368 g/mol. The largest absolute Gasteiger partial charge is 0.378 e. The van der Waals surface area contributed by atoms with Crippen molar-refractivity contribution in [3.05, 3.63) is 54.4 Å². The van der Waals surface area contributed by atoms with E-state index in [1.807, 2.05) is 31.2 Å². The first-order valence-electron chi connectivity index (χ1n) is 9.09. The second kappa shape index (κ2) is 9.14. The zero-order valence-electron chi connectivity index (χ0n) is 15.4. The van der Waals surface area contributed by atoms with Crippen LogP contribution in [0.25, 0.3) is 0 Å². The van der Waals surface area contributed by atoms with Crippen molar-refractivity contribution in [2.75, 3.05) is 49.6 Å². The fourth-order valence-electron chi connectivity index (χ4n) is 2.96. The van der Waals surface area contributed by atoms with E-state index in [2.05, 4.69) is 15.2 Å². The summed E-state index contributed by atoms with van der Waals surface area (Å²) in [4.78, 5) is 32.5. The number of nitrogens with zero attached hydrogens (tertiary/aromatic N) is 3. The molecule has 0 radical (unpaired) electrons. The quantitative estimate of drug-likeness (QED) is 0.844. The van der Waals surface area contributed by atoms with Gasteiger partial charge in [-0.2, -0.15) is 0 Å². The lowest BCUT2D eigenvalue weighted by Gasteiger charge is -2.29. The van der Waals surface area contributed by atoms with Crippen molar-refractivity contribution in [1.29, 1.82) is 0 Å². The summed E-state index contributed by atoms with van der Waals surface area (Å²) in [6, 6.07) is 11.0. The summed E-state index contributed by atoms with van der Waals surface area (Å²) < 4.78 is 5.36. The number of morpholine rings is 1. The number of anilines is 2. The number of amides is 2. The minimum atomic E-state index is -0.224. The molecule has 7 heteroatoms. The molecule has 142 valence electrons. The molecule has 1 aliphatic heterocycles. The van der Waals surface area contributed by atoms with E-state index < -0.39 is 0 Å². The minimum Gasteiger partial charge on any atom is -0.378 e. The van der Waals surface area contributed by atoms with Crippen LogP contribution in [0.5, 0.6) is 0 Å². The summed E-state index contributed by atoms with van der Waals surface area (Å²) in [7, 11) is 0. The number of hydrogen-bond donors (Lipinski definition) is 1. The van der Waals surface area contributed by atoms with Gasteiger partial charge in [0.05, 0.1) is 13.2 Å². The number of benzene rings is 1. The van der Waals surface area contributed by atoms with Gasteiger partial charge in [-0.1, -0.05) is 0 Å². The van der Waals surface area contributed by atoms with E-state index in [1.165, 1.54) is 4.90 Å². The molecular formula is C20H24N4O3. The van der Waals surface area contributed by atoms with E-state index >= 15 is 0 Å². The van der Waals surface area contributed by atoms with Gasteiger partial charge in [0, 0.05) is 49.0 Å². The molecule has 0 atom stereocenters. The lowest BCUT2D eigenvalue weighted by Crippen LogP contribution is -2.38. The van der Waals surface area contributed by atoms with Crippen LogP contribution >= 0.6 is 0 Å². The molecule has 1 aromatic carbocycles. The van der Waals surface area contributed by atoms with Crippen LogP contribution in [0.2, 0.25) is 0 Å². The van der Waals surface area contributed by atoms with Gasteiger partial charge in [0.2, 0.25) is 5.91 Å². The van der Waals surface area contributed by atoms with Crippen molar-refractivity contribution < 1.29 is 14.3 Å². The lowest BCUT2D eigenvalue weighted by molar-refractivity contribution is -0.116. The van der Waals surface area contributed by atoms with Crippen LogP contribution in [-0.4, -0.2) is 61.1 Å². The normalized spacial score (nSPS) is 13.9. The zero-order chi connectivity index (χ0) is 19.1. The first-order chi connectivity index (χ1) is 13.2. The molecule has 0 bridgehead atoms. The third kappa shape index (κ3) is 5.04. The average molecular weight is 368 g/mol. The first kappa shape index (κ1) is 18.8. The van der Waals surface area contributed by atoms with Crippen molar-refractivity contribution in [2.45, 2.75) is 6.92 Å². The molecule has 1 aromatic heterocycles. The number of aromatic nitrogens is 1. The molecule has 0 spiro atoms. The molecule has 27 heavy (non-hydrogen) atoms. The van der Waals surface area contributed by atoms with Crippen LogP contribution in [0.3, 0.4) is 0 Å². The number of carbonyl (C=O) groups is 2. The molecule has 2 heterocycles. The molecule has 0 saturated carbocycles. The third-order valence-corrected chi connectivity index (χ3v) is 4.46. The number of likely N-dealkylation sites (N-methyl/N-ethyl adjacent to an activating group) is 1. The van der Waals surface area contributed by atoms with Crippen LogP contribution in [0.4, 0.5) is 11.4 Å². The maximum absolute atomic E-state index is 12.5. The van der Waals surface area contributed by atoms with Gasteiger partial charge in [-0.3, -0.25) is 14.6 Å². The predicted molar refractivity (Wildman–Crippen MR) is 104 cm³/mol. The highest BCUT2D eigenvalue weighted by atomic mass is 16.5. The van der Waals surface area contributed by atoms with Crippen LogP contribution < -0.4 is 10.2 Å². The van der Waals surface area contributed by atoms with Gasteiger partial charge >= 0.3 is 0 Å². The average Bonchev–Trinajstić information content (AvgIpc) is 2.73. The van der Waals surface area contributed by atoms with Gasteiger partial charge < -0.3 is 19.9 Å². The highest BCUT2D eigenvalue weighted by molar-refractivity contribution is 5.99. The molecule has 1 saturated heterocycles. The fourth-order valence-corrected chi connectivity index (χ4v) is 2.96. The Bertz CT molecular complexity index is 759. The number of rotatable bonds is 6. The van der Waals surface area contributed by atoms with Crippen molar-refractivity contribution in [3.8, 4) is 0 Å². The van der Waals surface area contributed by atoms with Crippen molar-refractivity contribution in [1.82, 2.24) is 9.88 Å². The van der Waals surface area contributed by atoms with E-state index in [9.17, 15) is 9.59 Å². The lowest BCUT2D eigenvalue weighted by atomic mass is 10.2. The van der Waals surface area contributed by atoms with Crippen LogP contribution in [0.1, 0.15) is 17.3 Å². The predicted octanol–water partition coefficient (Wildman–Crippen LogP) is 2.02. The molecular weight excluding hydrogens is 344 g/mol.